The molecule has 0 bridgehead atoms. The molecule has 0 spiro atoms. The second kappa shape index (κ2) is 10.0. The van der Waals surface area contributed by atoms with Crippen molar-refractivity contribution in [3.8, 4) is 5.75 Å². The zero-order valence-corrected chi connectivity index (χ0v) is 19.5. The molecule has 1 saturated heterocycles. The van der Waals surface area contributed by atoms with Crippen LogP contribution in [0.2, 0.25) is 0 Å². The molecule has 170 valence electrons. The van der Waals surface area contributed by atoms with E-state index in [1.807, 2.05) is 76.2 Å². The molecule has 1 aliphatic rings. The van der Waals surface area contributed by atoms with Crippen LogP contribution in [0.5, 0.6) is 5.75 Å². The van der Waals surface area contributed by atoms with Crippen molar-refractivity contribution in [1.82, 2.24) is 9.80 Å². The summed E-state index contributed by atoms with van der Waals surface area (Å²) in [6.45, 7) is 6.97. The van der Waals surface area contributed by atoms with Crippen molar-refractivity contribution in [3.63, 3.8) is 0 Å². The molecular formula is C26H32N2O4. The number of carbonyl (C=O) groups excluding carboxylic acids is 2. The van der Waals surface area contributed by atoms with E-state index in [0.29, 0.717) is 17.9 Å². The van der Waals surface area contributed by atoms with Gasteiger partial charge in [0.25, 0.3) is 11.7 Å². The fourth-order valence-corrected chi connectivity index (χ4v) is 4.04. The highest BCUT2D eigenvalue weighted by atomic mass is 16.5. The molecule has 0 aromatic heterocycles. The maximum atomic E-state index is 13.1. The van der Waals surface area contributed by atoms with Gasteiger partial charge in [0.15, 0.2) is 0 Å². The number of amides is 1. The van der Waals surface area contributed by atoms with Crippen LogP contribution in [0.15, 0.2) is 54.1 Å². The molecule has 0 aliphatic carbocycles. The highest BCUT2D eigenvalue weighted by molar-refractivity contribution is 6.46. The molecule has 1 aliphatic heterocycles. The van der Waals surface area contributed by atoms with E-state index in [0.717, 1.165) is 24.1 Å². The first-order valence-electron chi connectivity index (χ1n) is 11.0. The van der Waals surface area contributed by atoms with Crippen LogP contribution in [-0.4, -0.2) is 59.9 Å². The molecule has 2 aromatic rings. The van der Waals surface area contributed by atoms with Crippen molar-refractivity contribution >= 4 is 17.4 Å². The molecule has 1 heterocycles. The fraction of sp³-hybridized carbons (Fsp3) is 0.385. The van der Waals surface area contributed by atoms with Crippen molar-refractivity contribution in [2.45, 2.75) is 39.3 Å². The van der Waals surface area contributed by atoms with Gasteiger partial charge in [-0.25, -0.2) is 0 Å². The topological polar surface area (TPSA) is 70.1 Å². The van der Waals surface area contributed by atoms with Gasteiger partial charge in [-0.3, -0.25) is 9.59 Å². The van der Waals surface area contributed by atoms with E-state index in [4.69, 9.17) is 4.74 Å². The molecule has 1 amide bonds. The molecule has 1 fully saturated rings. The standard InChI is InChI=1S/C26H32N2O4/c1-17(2)32-20-12-13-21(18(3)16-20)24(29)22-23(19-10-7-6-8-11-19)28(26(31)25(22)30)15-9-14-27(4)5/h6-8,10-13,16-17,23,29H,9,14-15H2,1-5H3/b24-22+/t23-/m0/s1. The van der Waals surface area contributed by atoms with Crippen LogP contribution < -0.4 is 4.74 Å². The Morgan fingerprint density at radius 1 is 1.12 bits per heavy atom. The smallest absolute Gasteiger partial charge is 0.295 e. The average Bonchev–Trinajstić information content (AvgIpc) is 2.98. The summed E-state index contributed by atoms with van der Waals surface area (Å²) in [5.41, 5.74) is 2.22. The molecule has 1 atom stereocenters. The molecule has 3 rings (SSSR count). The lowest BCUT2D eigenvalue weighted by molar-refractivity contribution is -0.139. The second-order valence-corrected chi connectivity index (χ2v) is 8.70. The second-order valence-electron chi connectivity index (χ2n) is 8.70. The number of hydrogen-bond acceptors (Lipinski definition) is 5. The van der Waals surface area contributed by atoms with Crippen molar-refractivity contribution < 1.29 is 19.4 Å². The number of hydrogen-bond donors (Lipinski definition) is 1. The summed E-state index contributed by atoms with van der Waals surface area (Å²) in [6, 6.07) is 14.1. The van der Waals surface area contributed by atoms with E-state index in [1.165, 1.54) is 0 Å². The van der Waals surface area contributed by atoms with Crippen LogP contribution in [0.3, 0.4) is 0 Å². The van der Waals surface area contributed by atoms with Crippen molar-refractivity contribution in [2.75, 3.05) is 27.2 Å². The fourth-order valence-electron chi connectivity index (χ4n) is 4.04. The van der Waals surface area contributed by atoms with E-state index in [-0.39, 0.29) is 17.4 Å². The van der Waals surface area contributed by atoms with Crippen molar-refractivity contribution in [2.24, 2.45) is 0 Å². The summed E-state index contributed by atoms with van der Waals surface area (Å²) in [4.78, 5) is 29.7. The summed E-state index contributed by atoms with van der Waals surface area (Å²) in [6.07, 6.45) is 0.753. The number of ether oxygens (including phenoxy) is 1. The van der Waals surface area contributed by atoms with Gasteiger partial charge in [0, 0.05) is 12.1 Å². The van der Waals surface area contributed by atoms with Gasteiger partial charge in [-0.05, 0) is 77.2 Å². The number of ketones is 1. The van der Waals surface area contributed by atoms with Gasteiger partial charge in [0.2, 0.25) is 0 Å². The summed E-state index contributed by atoms with van der Waals surface area (Å²) in [5, 5.41) is 11.3. The molecule has 1 N–H and O–H groups in total. The van der Waals surface area contributed by atoms with Crippen LogP contribution in [0.25, 0.3) is 5.76 Å². The Hall–Kier alpha value is -3.12. The Labute approximate surface area is 190 Å². The van der Waals surface area contributed by atoms with Crippen molar-refractivity contribution in [1.29, 1.82) is 0 Å². The Bertz CT molecular complexity index is 1010. The van der Waals surface area contributed by atoms with Gasteiger partial charge >= 0.3 is 0 Å². The summed E-state index contributed by atoms with van der Waals surface area (Å²) in [5.74, 6) is -0.682. The maximum absolute atomic E-state index is 13.1. The van der Waals surface area contributed by atoms with E-state index < -0.39 is 17.7 Å². The number of aryl methyl sites for hydroxylation is 1. The van der Waals surface area contributed by atoms with Gasteiger partial charge in [-0.15, -0.1) is 0 Å². The summed E-state index contributed by atoms with van der Waals surface area (Å²) in [7, 11) is 3.94. The monoisotopic (exact) mass is 436 g/mol. The number of benzene rings is 2. The Kier molecular flexibility index (Phi) is 7.36. The third kappa shape index (κ3) is 5.02. The lowest BCUT2D eigenvalue weighted by Gasteiger charge is -2.26. The number of carbonyl (C=O) groups is 2. The maximum Gasteiger partial charge on any atom is 0.295 e. The van der Waals surface area contributed by atoms with Gasteiger partial charge in [0.05, 0.1) is 17.7 Å². The van der Waals surface area contributed by atoms with Gasteiger partial charge in [0.1, 0.15) is 11.5 Å². The first-order valence-corrected chi connectivity index (χ1v) is 11.0. The lowest BCUT2D eigenvalue weighted by Crippen LogP contribution is -2.32. The van der Waals surface area contributed by atoms with Gasteiger partial charge < -0.3 is 19.6 Å². The van der Waals surface area contributed by atoms with Crippen molar-refractivity contribution in [3.05, 3.63) is 70.8 Å². The number of aliphatic hydroxyl groups excluding tert-OH is 1. The minimum atomic E-state index is -0.650. The number of likely N-dealkylation sites (tertiary alicyclic amines) is 1. The Morgan fingerprint density at radius 3 is 2.41 bits per heavy atom. The number of aliphatic hydroxyl groups is 1. The zero-order chi connectivity index (χ0) is 23.4. The number of rotatable bonds is 8. The van der Waals surface area contributed by atoms with E-state index in [2.05, 4.69) is 0 Å². The van der Waals surface area contributed by atoms with Gasteiger partial charge in [-0.2, -0.15) is 0 Å². The molecule has 2 aromatic carbocycles. The SMILES string of the molecule is Cc1cc(OC(C)C)ccc1/C(O)=C1\C(=O)C(=O)N(CCCN(C)C)[C@H]1c1ccccc1. The predicted octanol–water partition coefficient (Wildman–Crippen LogP) is 4.16. The summed E-state index contributed by atoms with van der Waals surface area (Å²) < 4.78 is 5.73. The lowest BCUT2D eigenvalue weighted by atomic mass is 9.94. The van der Waals surface area contributed by atoms with Crippen LogP contribution in [0.4, 0.5) is 0 Å². The molecule has 32 heavy (non-hydrogen) atoms. The number of Topliss-reactive ketones (excluding diaryl/α,β-unsaturated/α-hetero) is 1. The predicted molar refractivity (Wildman–Crippen MR) is 126 cm³/mol. The number of nitrogens with zero attached hydrogens (tertiary/aromatic N) is 2. The third-order valence-electron chi connectivity index (χ3n) is 5.48. The zero-order valence-electron chi connectivity index (χ0n) is 19.5. The normalized spacial score (nSPS) is 18.1. The average molecular weight is 437 g/mol. The van der Waals surface area contributed by atoms with E-state index in [9.17, 15) is 14.7 Å². The first kappa shape index (κ1) is 23.5. The third-order valence-corrected chi connectivity index (χ3v) is 5.48. The minimum absolute atomic E-state index is 0.0272. The molecule has 6 nitrogen and oxygen atoms in total. The minimum Gasteiger partial charge on any atom is -0.507 e. The van der Waals surface area contributed by atoms with E-state index in [1.54, 1.807) is 17.0 Å². The Morgan fingerprint density at radius 2 is 1.81 bits per heavy atom. The van der Waals surface area contributed by atoms with Gasteiger partial charge in [-0.1, -0.05) is 30.3 Å². The van der Waals surface area contributed by atoms with Crippen LogP contribution in [0, 0.1) is 6.92 Å². The summed E-state index contributed by atoms with van der Waals surface area (Å²) >= 11 is 0. The highest BCUT2D eigenvalue weighted by Crippen LogP contribution is 2.40. The van der Waals surface area contributed by atoms with Crippen LogP contribution >= 0.6 is 0 Å². The molecular weight excluding hydrogens is 404 g/mol. The van der Waals surface area contributed by atoms with Crippen LogP contribution in [-0.2, 0) is 9.59 Å². The largest absolute Gasteiger partial charge is 0.507 e. The van der Waals surface area contributed by atoms with E-state index >= 15 is 0 Å². The molecule has 0 saturated carbocycles. The molecule has 0 unspecified atom stereocenters. The molecule has 6 heteroatoms. The van der Waals surface area contributed by atoms with Crippen LogP contribution in [0.1, 0.15) is 43.0 Å². The quantitative estimate of drug-likeness (QED) is 0.382. The first-order chi connectivity index (χ1) is 15.2. The molecule has 0 radical (unpaired) electrons. The Balaban J connectivity index is 2.06. The highest BCUT2D eigenvalue weighted by Gasteiger charge is 2.45.